The van der Waals surface area contributed by atoms with Gasteiger partial charge in [-0.1, -0.05) is 60.2 Å². The Kier molecular flexibility index (Phi) is 8.94. The molecule has 0 heterocycles. The number of hydrogen-bond donors (Lipinski definition) is 2. The number of alkyl carbamates (subject to hydrolysis) is 1. The fraction of sp³-hybridized carbons (Fsp3) is 0.323. The molecule has 38 heavy (non-hydrogen) atoms. The van der Waals surface area contributed by atoms with Crippen LogP contribution in [0, 0.1) is 13.8 Å². The summed E-state index contributed by atoms with van der Waals surface area (Å²) >= 11 is 0. The van der Waals surface area contributed by atoms with Crippen LogP contribution in [0.1, 0.15) is 50.4 Å². The quantitative estimate of drug-likeness (QED) is 0.357. The van der Waals surface area contributed by atoms with Crippen molar-refractivity contribution in [3.8, 4) is 0 Å². The summed E-state index contributed by atoms with van der Waals surface area (Å²) in [5.74, 6) is -0.802. The van der Waals surface area contributed by atoms with E-state index in [4.69, 9.17) is 4.74 Å². The number of nitrogens with one attached hydrogen (secondary N) is 2. The Balaban J connectivity index is 1.98. The molecule has 3 amide bonds. The first-order valence-electron chi connectivity index (χ1n) is 12.7. The SMILES string of the molecule is C=CCN(C(=O)C(C)NC(=O)OC(C)(C)C)C(C(=O)Nc1ccc2ccccc2c1)c1cc(C)ccc1C. The molecule has 200 valence electrons. The maximum Gasteiger partial charge on any atom is 0.408 e. The molecular formula is C31H37N3O4. The predicted octanol–water partition coefficient (Wildman–Crippen LogP) is 6.06. The highest BCUT2D eigenvalue weighted by Crippen LogP contribution is 2.29. The maximum atomic E-state index is 13.9. The summed E-state index contributed by atoms with van der Waals surface area (Å²) in [6, 6.07) is 17.5. The van der Waals surface area contributed by atoms with Crippen LogP contribution in [0.3, 0.4) is 0 Å². The van der Waals surface area contributed by atoms with Crippen LogP contribution in [-0.4, -0.2) is 41.0 Å². The van der Waals surface area contributed by atoms with Crippen LogP contribution in [0.2, 0.25) is 0 Å². The van der Waals surface area contributed by atoms with Crippen LogP contribution in [0.15, 0.2) is 73.3 Å². The van der Waals surface area contributed by atoms with Gasteiger partial charge in [0, 0.05) is 12.2 Å². The summed E-state index contributed by atoms with van der Waals surface area (Å²) in [4.78, 5) is 41.4. The fourth-order valence-electron chi connectivity index (χ4n) is 4.24. The first kappa shape index (κ1) is 28.4. The van der Waals surface area contributed by atoms with E-state index in [1.165, 1.54) is 4.90 Å². The van der Waals surface area contributed by atoms with Crippen LogP contribution < -0.4 is 10.6 Å². The van der Waals surface area contributed by atoms with Gasteiger partial charge in [0.25, 0.3) is 5.91 Å². The van der Waals surface area contributed by atoms with E-state index >= 15 is 0 Å². The van der Waals surface area contributed by atoms with Gasteiger partial charge in [-0.2, -0.15) is 0 Å². The van der Waals surface area contributed by atoms with E-state index in [9.17, 15) is 14.4 Å². The van der Waals surface area contributed by atoms with E-state index in [0.29, 0.717) is 11.3 Å². The molecular weight excluding hydrogens is 478 g/mol. The predicted molar refractivity (Wildman–Crippen MR) is 152 cm³/mol. The number of benzene rings is 3. The lowest BCUT2D eigenvalue weighted by Crippen LogP contribution is -2.51. The number of ether oxygens (including phenoxy) is 1. The third-order valence-corrected chi connectivity index (χ3v) is 6.02. The van der Waals surface area contributed by atoms with Crippen molar-refractivity contribution in [2.45, 2.75) is 59.2 Å². The minimum Gasteiger partial charge on any atom is -0.444 e. The number of carbonyl (C=O) groups excluding carboxylic acids is 3. The summed E-state index contributed by atoms with van der Waals surface area (Å²) in [5.41, 5.74) is 2.43. The van der Waals surface area contributed by atoms with Crippen molar-refractivity contribution in [3.05, 3.63) is 90.0 Å². The summed E-state index contributed by atoms with van der Waals surface area (Å²) in [5, 5.41) is 7.65. The second kappa shape index (κ2) is 11.9. The van der Waals surface area contributed by atoms with E-state index in [1.807, 2.05) is 74.5 Å². The monoisotopic (exact) mass is 515 g/mol. The summed E-state index contributed by atoms with van der Waals surface area (Å²) < 4.78 is 5.32. The highest BCUT2D eigenvalue weighted by molar-refractivity contribution is 6.00. The first-order valence-corrected chi connectivity index (χ1v) is 12.7. The van der Waals surface area contributed by atoms with Crippen LogP contribution in [0.4, 0.5) is 10.5 Å². The lowest BCUT2D eigenvalue weighted by molar-refractivity contribution is -0.139. The van der Waals surface area contributed by atoms with Crippen LogP contribution in [-0.2, 0) is 14.3 Å². The second-order valence-electron chi connectivity index (χ2n) is 10.5. The molecule has 0 aliphatic carbocycles. The zero-order chi connectivity index (χ0) is 28.0. The molecule has 3 rings (SSSR count). The van der Waals surface area contributed by atoms with Crippen molar-refractivity contribution in [2.75, 3.05) is 11.9 Å². The van der Waals surface area contributed by atoms with Gasteiger partial charge >= 0.3 is 6.09 Å². The lowest BCUT2D eigenvalue weighted by Gasteiger charge is -2.33. The molecule has 0 saturated heterocycles. The van der Waals surface area contributed by atoms with E-state index in [1.54, 1.807) is 33.8 Å². The highest BCUT2D eigenvalue weighted by atomic mass is 16.6. The molecule has 7 heteroatoms. The van der Waals surface area contributed by atoms with Crippen LogP contribution >= 0.6 is 0 Å². The minimum absolute atomic E-state index is 0.0996. The zero-order valence-corrected chi connectivity index (χ0v) is 23.0. The molecule has 0 radical (unpaired) electrons. The van der Waals surface area contributed by atoms with Gasteiger partial charge in [-0.15, -0.1) is 6.58 Å². The standard InChI is InChI=1S/C31H37N3O4/c1-8-17-34(29(36)22(4)32-30(37)38-31(5,6)7)27(26-18-20(2)13-14-21(26)3)28(35)33-25-16-15-23-11-9-10-12-24(23)19-25/h8-16,18-19,22,27H,1,17H2,2-7H3,(H,32,37)(H,33,35). The fourth-order valence-corrected chi connectivity index (χ4v) is 4.24. The third-order valence-electron chi connectivity index (χ3n) is 6.02. The van der Waals surface area contributed by atoms with Gasteiger partial charge in [0.05, 0.1) is 0 Å². The van der Waals surface area contributed by atoms with E-state index in [0.717, 1.165) is 21.9 Å². The molecule has 2 N–H and O–H groups in total. The number of carbonyl (C=O) groups is 3. The molecule has 2 atom stereocenters. The summed E-state index contributed by atoms with van der Waals surface area (Å²) in [6.45, 7) is 14.6. The molecule has 3 aromatic carbocycles. The number of amides is 3. The topological polar surface area (TPSA) is 87.7 Å². The Hall–Kier alpha value is -4.13. The normalized spacial score (nSPS) is 12.8. The summed E-state index contributed by atoms with van der Waals surface area (Å²) in [6.07, 6.45) is 0.861. The lowest BCUT2D eigenvalue weighted by atomic mass is 9.96. The average Bonchev–Trinajstić information content (AvgIpc) is 2.84. The van der Waals surface area contributed by atoms with Crippen molar-refractivity contribution in [1.82, 2.24) is 10.2 Å². The smallest absolute Gasteiger partial charge is 0.408 e. The van der Waals surface area contributed by atoms with Crippen molar-refractivity contribution in [2.24, 2.45) is 0 Å². The van der Waals surface area contributed by atoms with E-state index in [2.05, 4.69) is 17.2 Å². The largest absolute Gasteiger partial charge is 0.444 e. The number of anilines is 1. The minimum atomic E-state index is -0.963. The van der Waals surface area contributed by atoms with Crippen molar-refractivity contribution in [1.29, 1.82) is 0 Å². The van der Waals surface area contributed by atoms with Crippen LogP contribution in [0.5, 0.6) is 0 Å². The third kappa shape index (κ3) is 7.22. The summed E-state index contributed by atoms with van der Waals surface area (Å²) in [7, 11) is 0. The van der Waals surface area contributed by atoms with Crippen molar-refractivity contribution < 1.29 is 19.1 Å². The number of rotatable bonds is 8. The van der Waals surface area contributed by atoms with Gasteiger partial charge in [0.15, 0.2) is 0 Å². The molecule has 0 saturated carbocycles. The number of aryl methyl sites for hydroxylation is 2. The highest BCUT2D eigenvalue weighted by Gasteiger charge is 2.35. The molecule has 0 aromatic heterocycles. The Morgan fingerprint density at radius 2 is 1.68 bits per heavy atom. The number of fused-ring (bicyclic) bond motifs is 1. The molecule has 0 aliphatic rings. The molecule has 0 spiro atoms. The van der Waals surface area contributed by atoms with Crippen molar-refractivity contribution in [3.63, 3.8) is 0 Å². The number of nitrogens with zero attached hydrogens (tertiary/aromatic N) is 1. The van der Waals surface area contributed by atoms with Gasteiger partial charge in [0.1, 0.15) is 17.7 Å². The Labute approximate surface area is 224 Å². The van der Waals surface area contributed by atoms with Gasteiger partial charge in [-0.05, 0) is 75.6 Å². The second-order valence-corrected chi connectivity index (χ2v) is 10.5. The molecule has 2 unspecified atom stereocenters. The van der Waals surface area contributed by atoms with Gasteiger partial charge in [-0.3, -0.25) is 9.59 Å². The van der Waals surface area contributed by atoms with Gasteiger partial charge < -0.3 is 20.3 Å². The average molecular weight is 516 g/mol. The zero-order valence-electron chi connectivity index (χ0n) is 23.0. The van der Waals surface area contributed by atoms with Crippen LogP contribution in [0.25, 0.3) is 10.8 Å². The molecule has 0 fully saturated rings. The Morgan fingerprint density at radius 3 is 2.34 bits per heavy atom. The molecule has 7 nitrogen and oxygen atoms in total. The molecule has 3 aromatic rings. The molecule has 0 bridgehead atoms. The number of hydrogen-bond acceptors (Lipinski definition) is 4. The van der Waals surface area contributed by atoms with E-state index in [-0.39, 0.29) is 12.5 Å². The Morgan fingerprint density at radius 1 is 1.00 bits per heavy atom. The Bertz CT molecular complexity index is 1340. The first-order chi connectivity index (χ1) is 17.9. The van der Waals surface area contributed by atoms with Gasteiger partial charge in [0.2, 0.25) is 5.91 Å². The van der Waals surface area contributed by atoms with Crippen molar-refractivity contribution >= 4 is 34.4 Å². The maximum absolute atomic E-state index is 13.9. The van der Waals surface area contributed by atoms with Gasteiger partial charge in [-0.25, -0.2) is 4.79 Å². The molecule has 0 aliphatic heterocycles. The van der Waals surface area contributed by atoms with E-state index < -0.39 is 29.7 Å².